The van der Waals surface area contributed by atoms with Crippen LogP contribution >= 0.6 is 0 Å². The number of hydrogen-bond donors (Lipinski definition) is 0. The van der Waals surface area contributed by atoms with Crippen molar-refractivity contribution in [3.8, 4) is 55.6 Å². The van der Waals surface area contributed by atoms with Crippen LogP contribution in [0.25, 0.3) is 66.4 Å². The molecule has 0 heterocycles. The molecule has 0 N–H and O–H groups in total. The third-order valence-corrected chi connectivity index (χ3v) is 10.1. The van der Waals surface area contributed by atoms with E-state index in [1.807, 2.05) is 0 Å². The van der Waals surface area contributed by atoms with Crippen LogP contribution in [0.1, 0.15) is 0 Å². The molecule has 0 bridgehead atoms. The third-order valence-electron chi connectivity index (χ3n) is 10.1. The molecule has 9 rings (SSSR count). The SMILES string of the molecule is c1ccc(-c2ccc(-c3ccccc3N(c3ccc(-c4ccc5ccccc5c4-c4ccccc4)cc3)c3ccccc3-c3ccccc3)cc2)cc1. The van der Waals surface area contributed by atoms with Gasteiger partial charge in [0.05, 0.1) is 11.4 Å². The molecular weight excluding hydrogens is 639 g/mol. The van der Waals surface area contributed by atoms with E-state index in [1.54, 1.807) is 0 Å². The second-order valence-corrected chi connectivity index (χ2v) is 13.3. The van der Waals surface area contributed by atoms with Crippen LogP contribution in [0.4, 0.5) is 17.1 Å². The van der Waals surface area contributed by atoms with Crippen molar-refractivity contribution in [1.82, 2.24) is 0 Å². The van der Waals surface area contributed by atoms with Gasteiger partial charge in [0.25, 0.3) is 0 Å². The van der Waals surface area contributed by atoms with Crippen molar-refractivity contribution in [1.29, 1.82) is 0 Å². The number of hydrogen-bond acceptors (Lipinski definition) is 1. The van der Waals surface area contributed by atoms with Gasteiger partial charge in [0.2, 0.25) is 0 Å². The van der Waals surface area contributed by atoms with Gasteiger partial charge in [-0.2, -0.15) is 0 Å². The van der Waals surface area contributed by atoms with Crippen molar-refractivity contribution < 1.29 is 0 Å². The molecule has 0 aliphatic rings. The first kappa shape index (κ1) is 32.0. The molecule has 0 saturated heterocycles. The van der Waals surface area contributed by atoms with Crippen LogP contribution < -0.4 is 4.90 Å². The Balaban J connectivity index is 1.20. The van der Waals surface area contributed by atoms with Crippen molar-refractivity contribution in [3.63, 3.8) is 0 Å². The van der Waals surface area contributed by atoms with Gasteiger partial charge in [-0.1, -0.05) is 200 Å². The fraction of sp³-hybridized carbons (Fsp3) is 0. The molecule has 1 heteroatoms. The number of nitrogens with zero attached hydrogens (tertiary/aromatic N) is 1. The number of benzene rings is 9. The van der Waals surface area contributed by atoms with E-state index in [1.165, 1.54) is 66.4 Å². The van der Waals surface area contributed by atoms with Crippen LogP contribution in [-0.4, -0.2) is 0 Å². The maximum atomic E-state index is 2.42. The lowest BCUT2D eigenvalue weighted by Gasteiger charge is -2.30. The summed E-state index contributed by atoms with van der Waals surface area (Å²) in [7, 11) is 0. The monoisotopic (exact) mass is 675 g/mol. The van der Waals surface area contributed by atoms with Crippen molar-refractivity contribution in [3.05, 3.63) is 224 Å². The molecule has 0 atom stereocenters. The molecule has 0 aliphatic heterocycles. The summed E-state index contributed by atoms with van der Waals surface area (Å²) in [6.45, 7) is 0. The van der Waals surface area contributed by atoms with Gasteiger partial charge in [0, 0.05) is 16.8 Å². The zero-order chi connectivity index (χ0) is 35.4. The van der Waals surface area contributed by atoms with E-state index in [-0.39, 0.29) is 0 Å². The maximum absolute atomic E-state index is 2.42. The number of rotatable bonds is 8. The molecule has 0 unspecified atom stereocenters. The standard InChI is InChI=1S/C52H37N/c1-4-16-38(17-5-1)39-28-30-42(31-29-39)47-24-13-15-27-51(47)53(50-26-14-12-23-46(50)40-18-6-2-7-19-40)45-35-32-43(33-36-45)49-37-34-41-20-10-11-25-48(41)52(49)44-21-8-3-9-22-44/h1-37H. The Morgan fingerprint density at radius 1 is 0.245 bits per heavy atom. The summed E-state index contributed by atoms with van der Waals surface area (Å²) >= 11 is 0. The van der Waals surface area contributed by atoms with Crippen molar-refractivity contribution >= 4 is 27.8 Å². The maximum Gasteiger partial charge on any atom is 0.0540 e. The molecule has 0 radical (unpaired) electrons. The average molecular weight is 676 g/mol. The van der Waals surface area contributed by atoms with E-state index in [9.17, 15) is 0 Å². The Bertz CT molecular complexity index is 2630. The number of anilines is 3. The van der Waals surface area contributed by atoms with Crippen molar-refractivity contribution in [2.75, 3.05) is 4.90 Å². The van der Waals surface area contributed by atoms with Gasteiger partial charge in [0.15, 0.2) is 0 Å². The zero-order valence-corrected chi connectivity index (χ0v) is 29.3. The van der Waals surface area contributed by atoms with E-state index in [0.717, 1.165) is 17.1 Å². The molecule has 53 heavy (non-hydrogen) atoms. The summed E-state index contributed by atoms with van der Waals surface area (Å²) in [4.78, 5) is 2.42. The molecule has 250 valence electrons. The fourth-order valence-electron chi connectivity index (χ4n) is 7.54. The fourth-order valence-corrected chi connectivity index (χ4v) is 7.54. The minimum absolute atomic E-state index is 1.09. The highest BCUT2D eigenvalue weighted by atomic mass is 15.1. The molecule has 9 aromatic rings. The highest BCUT2D eigenvalue weighted by molar-refractivity contribution is 6.04. The Morgan fingerprint density at radius 3 is 1.28 bits per heavy atom. The topological polar surface area (TPSA) is 3.24 Å². The molecule has 0 amide bonds. The summed E-state index contributed by atoms with van der Waals surface area (Å²) < 4.78 is 0. The van der Waals surface area contributed by atoms with Crippen LogP contribution in [0.5, 0.6) is 0 Å². The van der Waals surface area contributed by atoms with Gasteiger partial charge < -0.3 is 4.90 Å². The molecule has 0 aromatic heterocycles. The zero-order valence-electron chi connectivity index (χ0n) is 29.3. The largest absolute Gasteiger partial charge is 0.309 e. The first-order valence-corrected chi connectivity index (χ1v) is 18.2. The minimum atomic E-state index is 1.09. The number of fused-ring (bicyclic) bond motifs is 1. The third kappa shape index (κ3) is 6.30. The summed E-state index contributed by atoms with van der Waals surface area (Å²) in [5.74, 6) is 0. The number of para-hydroxylation sites is 2. The van der Waals surface area contributed by atoms with Crippen LogP contribution in [0.3, 0.4) is 0 Å². The van der Waals surface area contributed by atoms with Gasteiger partial charge in [-0.05, 0) is 79.5 Å². The van der Waals surface area contributed by atoms with Gasteiger partial charge >= 0.3 is 0 Å². The van der Waals surface area contributed by atoms with E-state index in [2.05, 4.69) is 229 Å². The van der Waals surface area contributed by atoms with Gasteiger partial charge in [-0.15, -0.1) is 0 Å². The predicted octanol–water partition coefficient (Wildman–Crippen LogP) is 14.6. The van der Waals surface area contributed by atoms with Crippen LogP contribution in [-0.2, 0) is 0 Å². The predicted molar refractivity (Wildman–Crippen MR) is 226 cm³/mol. The molecule has 0 fully saturated rings. The average Bonchev–Trinajstić information content (AvgIpc) is 3.25. The summed E-state index contributed by atoms with van der Waals surface area (Å²) in [5, 5.41) is 2.50. The highest BCUT2D eigenvalue weighted by Gasteiger charge is 2.21. The Labute approximate surface area is 311 Å². The molecule has 0 saturated carbocycles. The lowest BCUT2D eigenvalue weighted by molar-refractivity contribution is 1.28. The quantitative estimate of drug-likeness (QED) is 0.155. The second-order valence-electron chi connectivity index (χ2n) is 13.3. The summed E-state index contributed by atoms with van der Waals surface area (Å²) in [6.07, 6.45) is 0. The first-order chi connectivity index (χ1) is 26.3. The lowest BCUT2D eigenvalue weighted by Crippen LogP contribution is -2.12. The van der Waals surface area contributed by atoms with E-state index in [0.29, 0.717) is 0 Å². The molecule has 0 spiro atoms. The molecule has 1 nitrogen and oxygen atoms in total. The van der Waals surface area contributed by atoms with Crippen LogP contribution in [0.2, 0.25) is 0 Å². The van der Waals surface area contributed by atoms with E-state index < -0.39 is 0 Å². The second kappa shape index (κ2) is 14.3. The normalized spacial score (nSPS) is 11.0. The van der Waals surface area contributed by atoms with Crippen molar-refractivity contribution in [2.24, 2.45) is 0 Å². The van der Waals surface area contributed by atoms with E-state index in [4.69, 9.17) is 0 Å². The van der Waals surface area contributed by atoms with Crippen LogP contribution in [0, 0.1) is 0 Å². The first-order valence-electron chi connectivity index (χ1n) is 18.2. The molecule has 0 aliphatic carbocycles. The molecule has 9 aromatic carbocycles. The lowest BCUT2D eigenvalue weighted by atomic mass is 9.89. The minimum Gasteiger partial charge on any atom is -0.309 e. The van der Waals surface area contributed by atoms with E-state index >= 15 is 0 Å². The van der Waals surface area contributed by atoms with Gasteiger partial charge in [-0.3, -0.25) is 0 Å². The van der Waals surface area contributed by atoms with Gasteiger partial charge in [-0.25, -0.2) is 0 Å². The van der Waals surface area contributed by atoms with Crippen molar-refractivity contribution in [2.45, 2.75) is 0 Å². The Morgan fingerprint density at radius 2 is 0.660 bits per heavy atom. The highest BCUT2D eigenvalue weighted by Crippen LogP contribution is 2.46. The Hall–Kier alpha value is -6.96. The summed E-state index contributed by atoms with van der Waals surface area (Å²) in [5.41, 5.74) is 15.3. The Kier molecular flexibility index (Phi) is 8.66. The van der Waals surface area contributed by atoms with Crippen LogP contribution in [0.15, 0.2) is 224 Å². The smallest absolute Gasteiger partial charge is 0.0540 e. The molecular formula is C52H37N. The summed E-state index contributed by atoms with van der Waals surface area (Å²) in [6, 6.07) is 80.8. The van der Waals surface area contributed by atoms with Gasteiger partial charge in [0.1, 0.15) is 0 Å².